The molecule has 0 spiro atoms. The molecule has 0 aromatic rings. The molecule has 0 rings (SSSR count). The van der Waals surface area contributed by atoms with Crippen LogP contribution in [0.25, 0.3) is 0 Å². The maximum atomic E-state index is 5.86. The summed E-state index contributed by atoms with van der Waals surface area (Å²) in [5.74, 6) is 0. The van der Waals surface area contributed by atoms with E-state index in [0.29, 0.717) is 39.6 Å². The predicted molar refractivity (Wildman–Crippen MR) is 176 cm³/mol. The van der Waals surface area contributed by atoms with E-state index in [1.165, 1.54) is 103 Å². The first-order valence-corrected chi connectivity index (χ1v) is 21.2. The highest BCUT2D eigenvalue weighted by molar-refractivity contribution is 6.61. The zero-order valence-electron chi connectivity index (χ0n) is 28.4. The standard InChI is InChI=1S/2C16H36O3Si/c2*1-5-9-10-11-12-13-14-15-16-20(17-6-2,18-7-3)19-8-4/h2*5-16H2,1-4H3. The molecule has 0 aliphatic heterocycles. The van der Waals surface area contributed by atoms with Crippen LogP contribution in [0.5, 0.6) is 0 Å². The van der Waals surface area contributed by atoms with E-state index in [9.17, 15) is 0 Å². The van der Waals surface area contributed by atoms with Crippen molar-refractivity contribution in [3.63, 3.8) is 0 Å². The van der Waals surface area contributed by atoms with Gasteiger partial charge in [0.2, 0.25) is 0 Å². The van der Waals surface area contributed by atoms with E-state index in [-0.39, 0.29) is 0 Å². The summed E-state index contributed by atoms with van der Waals surface area (Å²) in [6, 6.07) is 1.94. The third kappa shape index (κ3) is 24.8. The van der Waals surface area contributed by atoms with E-state index in [0.717, 1.165) is 12.1 Å². The minimum atomic E-state index is -2.38. The monoisotopic (exact) mass is 608 g/mol. The molecule has 0 radical (unpaired) electrons. The average molecular weight is 609 g/mol. The fourth-order valence-electron chi connectivity index (χ4n) is 4.95. The molecule has 0 N–H and O–H groups in total. The third-order valence-corrected chi connectivity index (χ3v) is 13.2. The number of hydrogen-bond acceptors (Lipinski definition) is 6. The lowest BCUT2D eigenvalue weighted by Gasteiger charge is -2.28. The molecule has 0 aromatic carbocycles. The van der Waals surface area contributed by atoms with Gasteiger partial charge in [0.05, 0.1) is 0 Å². The fourth-order valence-corrected chi connectivity index (χ4v) is 10.3. The highest BCUT2D eigenvalue weighted by Gasteiger charge is 2.40. The zero-order chi connectivity index (χ0) is 30.2. The van der Waals surface area contributed by atoms with E-state index < -0.39 is 17.6 Å². The largest absolute Gasteiger partial charge is 0.500 e. The van der Waals surface area contributed by atoms with Gasteiger partial charge in [-0.05, 0) is 54.4 Å². The van der Waals surface area contributed by atoms with E-state index in [2.05, 4.69) is 13.8 Å². The van der Waals surface area contributed by atoms with E-state index in [1.807, 2.05) is 41.5 Å². The maximum Gasteiger partial charge on any atom is 0.500 e. The van der Waals surface area contributed by atoms with Crippen LogP contribution < -0.4 is 0 Å². The quantitative estimate of drug-likeness (QED) is 0.0597. The molecule has 0 atom stereocenters. The fraction of sp³-hybridized carbons (Fsp3) is 1.00. The lowest BCUT2D eigenvalue weighted by molar-refractivity contribution is 0.0698. The summed E-state index contributed by atoms with van der Waals surface area (Å²) in [4.78, 5) is 0. The van der Waals surface area contributed by atoms with Crippen molar-refractivity contribution in [2.75, 3.05) is 39.6 Å². The van der Waals surface area contributed by atoms with Crippen LogP contribution in [0, 0.1) is 0 Å². The van der Waals surface area contributed by atoms with E-state index >= 15 is 0 Å². The first kappa shape index (κ1) is 42.3. The Bertz CT molecular complexity index is 408. The lowest BCUT2D eigenvalue weighted by Crippen LogP contribution is -2.45. The van der Waals surface area contributed by atoms with Crippen LogP contribution >= 0.6 is 0 Å². The van der Waals surface area contributed by atoms with Crippen LogP contribution in [0.2, 0.25) is 12.1 Å². The molecule has 0 fully saturated rings. The predicted octanol–water partition coefficient (Wildman–Crippen LogP) is 10.4. The Kier molecular flexibility index (Phi) is 34.0. The molecule has 0 aliphatic rings. The molecular weight excluding hydrogens is 537 g/mol. The van der Waals surface area contributed by atoms with Crippen molar-refractivity contribution < 1.29 is 26.6 Å². The topological polar surface area (TPSA) is 55.4 Å². The van der Waals surface area contributed by atoms with Gasteiger partial charge in [0.25, 0.3) is 0 Å². The summed E-state index contributed by atoms with van der Waals surface area (Å²) < 4.78 is 35.2. The smallest absolute Gasteiger partial charge is 0.374 e. The van der Waals surface area contributed by atoms with Crippen LogP contribution in [0.3, 0.4) is 0 Å². The molecule has 8 heteroatoms. The second kappa shape index (κ2) is 32.1. The summed E-state index contributed by atoms with van der Waals surface area (Å²) in [5, 5.41) is 0. The van der Waals surface area contributed by atoms with Gasteiger partial charge in [-0.15, -0.1) is 0 Å². The SMILES string of the molecule is CCCCCCCCCC[Si](OCC)(OCC)OCC.CCCCCCCCCC[Si](OCC)(OCC)OCC. The van der Waals surface area contributed by atoms with Gasteiger partial charge in [-0.1, -0.05) is 104 Å². The minimum Gasteiger partial charge on any atom is -0.374 e. The second-order valence-corrected chi connectivity index (χ2v) is 15.9. The van der Waals surface area contributed by atoms with Gasteiger partial charge in [0, 0.05) is 51.7 Å². The Labute approximate surface area is 253 Å². The molecule has 0 amide bonds. The molecule has 0 unspecified atom stereocenters. The Morgan fingerprint density at radius 3 is 0.675 bits per heavy atom. The Hall–Kier alpha value is 0.194. The van der Waals surface area contributed by atoms with Gasteiger partial charge in [-0.2, -0.15) is 0 Å². The van der Waals surface area contributed by atoms with Crippen molar-refractivity contribution in [2.45, 2.75) is 170 Å². The Morgan fingerprint density at radius 2 is 0.475 bits per heavy atom. The molecular formula is C32H72O6Si2. The first-order chi connectivity index (χ1) is 19.5. The van der Waals surface area contributed by atoms with Crippen LogP contribution in [0.15, 0.2) is 0 Å². The van der Waals surface area contributed by atoms with Crippen LogP contribution in [-0.4, -0.2) is 57.3 Å². The third-order valence-electron chi connectivity index (χ3n) is 6.86. The molecule has 0 saturated carbocycles. The molecule has 6 nitrogen and oxygen atoms in total. The van der Waals surface area contributed by atoms with E-state index in [4.69, 9.17) is 26.6 Å². The van der Waals surface area contributed by atoms with Crippen LogP contribution in [0.1, 0.15) is 158 Å². The average Bonchev–Trinajstić information content (AvgIpc) is 2.93. The van der Waals surface area contributed by atoms with Gasteiger partial charge in [0.15, 0.2) is 0 Å². The number of hydrogen-bond donors (Lipinski definition) is 0. The summed E-state index contributed by atoms with van der Waals surface area (Å²) in [6.45, 7) is 20.8. The normalized spacial score (nSPS) is 12.0. The number of unbranched alkanes of at least 4 members (excludes halogenated alkanes) is 14. The molecule has 0 saturated heterocycles. The molecule has 0 heterocycles. The van der Waals surface area contributed by atoms with Crippen molar-refractivity contribution in [1.29, 1.82) is 0 Å². The second-order valence-electron chi connectivity index (χ2n) is 10.4. The van der Waals surface area contributed by atoms with Crippen molar-refractivity contribution in [2.24, 2.45) is 0 Å². The molecule has 244 valence electrons. The van der Waals surface area contributed by atoms with Crippen molar-refractivity contribution in [3.8, 4) is 0 Å². The summed E-state index contributed by atoms with van der Waals surface area (Å²) in [7, 11) is -4.75. The number of rotatable bonds is 30. The first-order valence-electron chi connectivity index (χ1n) is 17.3. The molecule has 0 aliphatic carbocycles. The van der Waals surface area contributed by atoms with Gasteiger partial charge >= 0.3 is 17.6 Å². The summed E-state index contributed by atoms with van der Waals surface area (Å²) in [6.07, 6.45) is 21.3. The summed E-state index contributed by atoms with van der Waals surface area (Å²) >= 11 is 0. The van der Waals surface area contributed by atoms with Crippen LogP contribution in [-0.2, 0) is 26.6 Å². The highest BCUT2D eigenvalue weighted by Crippen LogP contribution is 2.22. The molecule has 40 heavy (non-hydrogen) atoms. The maximum absolute atomic E-state index is 5.86. The van der Waals surface area contributed by atoms with Crippen LogP contribution in [0.4, 0.5) is 0 Å². The van der Waals surface area contributed by atoms with Gasteiger partial charge in [0.1, 0.15) is 0 Å². The molecule has 0 bridgehead atoms. The Balaban J connectivity index is 0. The van der Waals surface area contributed by atoms with Gasteiger partial charge < -0.3 is 26.6 Å². The van der Waals surface area contributed by atoms with Gasteiger partial charge in [-0.3, -0.25) is 0 Å². The zero-order valence-corrected chi connectivity index (χ0v) is 30.4. The molecule has 0 aromatic heterocycles. The van der Waals surface area contributed by atoms with E-state index in [1.54, 1.807) is 0 Å². The van der Waals surface area contributed by atoms with Crippen molar-refractivity contribution >= 4 is 17.6 Å². The summed E-state index contributed by atoms with van der Waals surface area (Å²) in [5.41, 5.74) is 0. The lowest BCUT2D eigenvalue weighted by atomic mass is 10.1. The van der Waals surface area contributed by atoms with Crippen molar-refractivity contribution in [1.82, 2.24) is 0 Å². The van der Waals surface area contributed by atoms with Gasteiger partial charge in [-0.25, -0.2) is 0 Å². The minimum absolute atomic E-state index is 0.684. The Morgan fingerprint density at radius 1 is 0.275 bits per heavy atom. The van der Waals surface area contributed by atoms with Crippen molar-refractivity contribution in [3.05, 3.63) is 0 Å². The highest BCUT2D eigenvalue weighted by atomic mass is 28.4.